The van der Waals surface area contributed by atoms with Gasteiger partial charge in [0.1, 0.15) is 0 Å². The Morgan fingerprint density at radius 3 is 3.27 bits per heavy atom. The zero-order valence-electron chi connectivity index (χ0n) is 9.17. The van der Waals surface area contributed by atoms with Crippen molar-refractivity contribution in [3.63, 3.8) is 0 Å². The van der Waals surface area contributed by atoms with Crippen molar-refractivity contribution in [3.05, 3.63) is 22.4 Å². The Labute approximate surface area is 96.1 Å². The highest BCUT2D eigenvalue weighted by Gasteiger charge is 2.11. The molecule has 0 bridgehead atoms. The van der Waals surface area contributed by atoms with E-state index < -0.39 is 0 Å². The molecule has 2 rings (SSSR count). The number of hydrogen-bond donors (Lipinski definition) is 2. The molecule has 0 saturated carbocycles. The number of nitrogens with one attached hydrogen (secondary N) is 2. The second-order valence-electron chi connectivity index (χ2n) is 4.26. The predicted molar refractivity (Wildman–Crippen MR) is 66.2 cm³/mol. The van der Waals surface area contributed by atoms with E-state index >= 15 is 0 Å². The standard InChI is InChI=1S/C12H20N2S/c1-3-11(9-13-6-1)5-7-14-10-12-4-2-8-15-12/h2,4,8,11,13-14H,1,3,5-7,9-10H2. The number of hydrogen-bond acceptors (Lipinski definition) is 3. The highest BCUT2D eigenvalue weighted by molar-refractivity contribution is 7.09. The maximum Gasteiger partial charge on any atom is 0.0299 e. The maximum atomic E-state index is 3.52. The zero-order valence-corrected chi connectivity index (χ0v) is 9.98. The highest BCUT2D eigenvalue weighted by atomic mass is 32.1. The van der Waals surface area contributed by atoms with Gasteiger partial charge in [0.15, 0.2) is 0 Å². The van der Waals surface area contributed by atoms with Gasteiger partial charge in [0.05, 0.1) is 0 Å². The molecule has 1 fully saturated rings. The first-order valence-corrected chi connectivity index (χ1v) is 6.77. The van der Waals surface area contributed by atoms with Gasteiger partial charge in [0, 0.05) is 11.4 Å². The van der Waals surface area contributed by atoms with Gasteiger partial charge in [-0.05, 0) is 56.3 Å². The lowest BCUT2D eigenvalue weighted by Crippen LogP contribution is -2.31. The van der Waals surface area contributed by atoms with Crippen molar-refractivity contribution >= 4 is 11.3 Å². The third-order valence-electron chi connectivity index (χ3n) is 3.01. The number of piperidine rings is 1. The molecule has 1 aromatic heterocycles. The Balaban J connectivity index is 1.54. The number of rotatable bonds is 5. The van der Waals surface area contributed by atoms with Crippen LogP contribution in [-0.4, -0.2) is 19.6 Å². The van der Waals surface area contributed by atoms with E-state index in [-0.39, 0.29) is 0 Å². The minimum atomic E-state index is 0.898. The van der Waals surface area contributed by atoms with E-state index in [1.165, 1.54) is 37.2 Å². The SMILES string of the molecule is c1csc(CNCCC2CCCNC2)c1. The van der Waals surface area contributed by atoms with Crippen LogP contribution in [0.5, 0.6) is 0 Å². The lowest BCUT2D eigenvalue weighted by Gasteiger charge is -2.22. The molecule has 0 aromatic carbocycles. The molecule has 0 radical (unpaired) electrons. The summed E-state index contributed by atoms with van der Waals surface area (Å²) in [5.74, 6) is 0.898. The van der Waals surface area contributed by atoms with Crippen molar-refractivity contribution < 1.29 is 0 Å². The second kappa shape index (κ2) is 6.26. The first-order chi connectivity index (χ1) is 7.45. The molecule has 1 unspecified atom stereocenters. The summed E-state index contributed by atoms with van der Waals surface area (Å²) >= 11 is 1.83. The van der Waals surface area contributed by atoms with Crippen molar-refractivity contribution in [2.24, 2.45) is 5.92 Å². The second-order valence-corrected chi connectivity index (χ2v) is 5.29. The van der Waals surface area contributed by atoms with Gasteiger partial charge in [-0.25, -0.2) is 0 Å². The van der Waals surface area contributed by atoms with E-state index in [2.05, 4.69) is 28.1 Å². The van der Waals surface area contributed by atoms with Crippen LogP contribution in [0.25, 0.3) is 0 Å². The monoisotopic (exact) mass is 224 g/mol. The van der Waals surface area contributed by atoms with Crippen LogP contribution >= 0.6 is 11.3 Å². The summed E-state index contributed by atoms with van der Waals surface area (Å²) in [7, 11) is 0. The van der Waals surface area contributed by atoms with E-state index in [1.807, 2.05) is 11.3 Å². The molecule has 2 N–H and O–H groups in total. The predicted octanol–water partition coefficient (Wildman–Crippen LogP) is 2.23. The molecule has 1 saturated heterocycles. The molecule has 1 aliphatic rings. The van der Waals surface area contributed by atoms with Crippen molar-refractivity contribution in [3.8, 4) is 0 Å². The summed E-state index contributed by atoms with van der Waals surface area (Å²) in [4.78, 5) is 1.44. The van der Waals surface area contributed by atoms with Crippen LogP contribution in [0.3, 0.4) is 0 Å². The van der Waals surface area contributed by atoms with Gasteiger partial charge in [-0.3, -0.25) is 0 Å². The molecule has 3 heteroatoms. The largest absolute Gasteiger partial charge is 0.316 e. The molecule has 1 aromatic rings. The van der Waals surface area contributed by atoms with Crippen molar-refractivity contribution in [2.75, 3.05) is 19.6 Å². The summed E-state index contributed by atoms with van der Waals surface area (Å²) < 4.78 is 0. The van der Waals surface area contributed by atoms with E-state index in [4.69, 9.17) is 0 Å². The van der Waals surface area contributed by atoms with Crippen LogP contribution in [0.15, 0.2) is 17.5 Å². The average Bonchev–Trinajstić information content (AvgIpc) is 2.79. The van der Waals surface area contributed by atoms with E-state index in [9.17, 15) is 0 Å². The van der Waals surface area contributed by atoms with Crippen LogP contribution < -0.4 is 10.6 Å². The van der Waals surface area contributed by atoms with Gasteiger partial charge in [0.25, 0.3) is 0 Å². The Kier molecular flexibility index (Phi) is 4.64. The van der Waals surface area contributed by atoms with Gasteiger partial charge in [-0.1, -0.05) is 6.07 Å². The summed E-state index contributed by atoms with van der Waals surface area (Å²) in [5.41, 5.74) is 0. The van der Waals surface area contributed by atoms with Crippen molar-refractivity contribution in [1.82, 2.24) is 10.6 Å². The van der Waals surface area contributed by atoms with Crippen molar-refractivity contribution in [2.45, 2.75) is 25.8 Å². The van der Waals surface area contributed by atoms with Crippen molar-refractivity contribution in [1.29, 1.82) is 0 Å². The maximum absolute atomic E-state index is 3.52. The molecule has 1 atom stereocenters. The lowest BCUT2D eigenvalue weighted by molar-refractivity contribution is 0.352. The molecule has 1 aliphatic heterocycles. The van der Waals surface area contributed by atoms with Crippen LogP contribution in [0.1, 0.15) is 24.1 Å². The molecular weight excluding hydrogens is 204 g/mol. The fourth-order valence-electron chi connectivity index (χ4n) is 2.10. The molecule has 0 amide bonds. The number of thiophene rings is 1. The van der Waals surface area contributed by atoms with Gasteiger partial charge < -0.3 is 10.6 Å². The quantitative estimate of drug-likeness (QED) is 0.750. The third kappa shape index (κ3) is 3.93. The van der Waals surface area contributed by atoms with Crippen LogP contribution in [0.4, 0.5) is 0 Å². The Morgan fingerprint density at radius 2 is 2.53 bits per heavy atom. The highest BCUT2D eigenvalue weighted by Crippen LogP contribution is 2.13. The normalized spacial score (nSPS) is 21.7. The van der Waals surface area contributed by atoms with Gasteiger partial charge in [0.2, 0.25) is 0 Å². The smallest absolute Gasteiger partial charge is 0.0299 e. The molecule has 2 nitrogen and oxygen atoms in total. The summed E-state index contributed by atoms with van der Waals surface area (Å²) in [5, 5.41) is 9.12. The van der Waals surface area contributed by atoms with E-state index in [1.54, 1.807) is 0 Å². The van der Waals surface area contributed by atoms with Gasteiger partial charge in [-0.15, -0.1) is 11.3 Å². The topological polar surface area (TPSA) is 24.1 Å². The average molecular weight is 224 g/mol. The summed E-state index contributed by atoms with van der Waals surface area (Å²) in [6.45, 7) is 4.64. The Hall–Kier alpha value is -0.380. The molecule has 0 aliphatic carbocycles. The van der Waals surface area contributed by atoms with Crippen LogP contribution in [0.2, 0.25) is 0 Å². The minimum Gasteiger partial charge on any atom is -0.316 e. The molecule has 0 spiro atoms. The zero-order chi connectivity index (χ0) is 10.3. The summed E-state index contributed by atoms with van der Waals surface area (Å²) in [6, 6.07) is 4.31. The minimum absolute atomic E-state index is 0.898. The molecular formula is C12H20N2S. The van der Waals surface area contributed by atoms with Gasteiger partial charge >= 0.3 is 0 Å². The molecule has 84 valence electrons. The fourth-order valence-corrected chi connectivity index (χ4v) is 2.78. The Morgan fingerprint density at radius 1 is 1.53 bits per heavy atom. The van der Waals surface area contributed by atoms with E-state index in [0.717, 1.165) is 19.0 Å². The third-order valence-corrected chi connectivity index (χ3v) is 3.88. The summed E-state index contributed by atoms with van der Waals surface area (Å²) in [6.07, 6.45) is 4.08. The molecule has 2 heterocycles. The van der Waals surface area contributed by atoms with Crippen LogP contribution in [-0.2, 0) is 6.54 Å². The Bertz CT molecular complexity index is 253. The first-order valence-electron chi connectivity index (χ1n) is 5.89. The molecule has 15 heavy (non-hydrogen) atoms. The van der Waals surface area contributed by atoms with E-state index in [0.29, 0.717) is 0 Å². The first kappa shape index (κ1) is 11.1. The van der Waals surface area contributed by atoms with Crippen LogP contribution in [0, 0.1) is 5.92 Å². The fraction of sp³-hybridized carbons (Fsp3) is 0.667. The lowest BCUT2D eigenvalue weighted by atomic mass is 9.96. The van der Waals surface area contributed by atoms with Gasteiger partial charge in [-0.2, -0.15) is 0 Å².